The Morgan fingerprint density at radius 2 is 1.67 bits per heavy atom. The van der Waals surface area contributed by atoms with E-state index in [1.54, 1.807) is 0 Å². The van der Waals surface area contributed by atoms with Crippen molar-refractivity contribution >= 4 is 37.5 Å². The molecule has 3 nitrogen and oxygen atoms in total. The summed E-state index contributed by atoms with van der Waals surface area (Å²) in [5, 5.41) is 1.71. The molecule has 5 heteroatoms. The number of rotatable bonds is 1. The van der Waals surface area contributed by atoms with Crippen molar-refractivity contribution in [2.75, 3.05) is 5.73 Å². The van der Waals surface area contributed by atoms with Crippen LogP contribution >= 0.6 is 31.9 Å². The summed E-state index contributed by atoms with van der Waals surface area (Å²) >= 11 is 6.87. The van der Waals surface area contributed by atoms with E-state index in [9.17, 15) is 0 Å². The summed E-state index contributed by atoms with van der Waals surface area (Å²) in [5.74, 6) is 0. The fourth-order valence-corrected chi connectivity index (χ4v) is 2.57. The van der Waals surface area contributed by atoms with Gasteiger partial charge in [-0.3, -0.25) is 9.98 Å². The minimum atomic E-state index is -0.175. The SMILES string of the molecule is Nc1ccc2c(c1Br)=N[C@H](c1ccc(Br)cc1)N=2. The van der Waals surface area contributed by atoms with Crippen LogP contribution in [0.4, 0.5) is 5.69 Å². The first-order valence-corrected chi connectivity index (χ1v) is 6.99. The summed E-state index contributed by atoms with van der Waals surface area (Å²) in [5.41, 5.74) is 7.60. The molecule has 0 aliphatic carbocycles. The molecule has 1 aliphatic heterocycles. The smallest absolute Gasteiger partial charge is 0.166 e. The highest BCUT2D eigenvalue weighted by molar-refractivity contribution is 9.10. The van der Waals surface area contributed by atoms with Gasteiger partial charge in [0, 0.05) is 10.2 Å². The van der Waals surface area contributed by atoms with Crippen molar-refractivity contribution in [2.45, 2.75) is 6.17 Å². The molecule has 90 valence electrons. The van der Waals surface area contributed by atoms with E-state index in [1.165, 1.54) is 0 Å². The second-order valence-electron chi connectivity index (χ2n) is 4.02. The Labute approximate surface area is 121 Å². The molecule has 0 bridgehead atoms. The molecule has 0 amide bonds. The topological polar surface area (TPSA) is 50.7 Å². The first-order chi connectivity index (χ1) is 8.65. The summed E-state index contributed by atoms with van der Waals surface area (Å²) in [6.45, 7) is 0. The molecule has 0 fully saturated rings. The van der Waals surface area contributed by atoms with Gasteiger partial charge in [-0.1, -0.05) is 28.1 Å². The molecule has 1 aliphatic rings. The fourth-order valence-electron chi connectivity index (χ4n) is 1.86. The lowest BCUT2D eigenvalue weighted by Crippen LogP contribution is -2.23. The van der Waals surface area contributed by atoms with Gasteiger partial charge in [-0.15, -0.1) is 0 Å². The molecule has 2 aromatic carbocycles. The number of anilines is 1. The second kappa shape index (κ2) is 4.48. The third kappa shape index (κ3) is 1.97. The maximum Gasteiger partial charge on any atom is 0.166 e. The van der Waals surface area contributed by atoms with Gasteiger partial charge in [-0.2, -0.15) is 0 Å². The normalized spacial score (nSPS) is 16.9. The number of hydrogen-bond acceptors (Lipinski definition) is 3. The third-order valence-corrected chi connectivity index (χ3v) is 4.17. The lowest BCUT2D eigenvalue weighted by atomic mass is 10.2. The molecule has 1 atom stereocenters. The molecule has 0 saturated carbocycles. The predicted molar refractivity (Wildman–Crippen MR) is 77.7 cm³/mol. The summed E-state index contributed by atoms with van der Waals surface area (Å²) in [4.78, 5) is 9.19. The molecule has 0 saturated heterocycles. The van der Waals surface area contributed by atoms with E-state index in [4.69, 9.17) is 5.73 Å². The number of fused-ring (bicyclic) bond motifs is 1. The highest BCUT2D eigenvalue weighted by atomic mass is 79.9. The van der Waals surface area contributed by atoms with E-state index >= 15 is 0 Å². The van der Waals surface area contributed by atoms with Gasteiger partial charge in [0.1, 0.15) is 5.36 Å². The Hall–Kier alpha value is -1.20. The van der Waals surface area contributed by atoms with Crippen molar-refractivity contribution in [1.82, 2.24) is 0 Å². The molecule has 0 unspecified atom stereocenters. The van der Waals surface area contributed by atoms with Crippen LogP contribution in [0.5, 0.6) is 0 Å². The van der Waals surface area contributed by atoms with E-state index in [-0.39, 0.29) is 6.17 Å². The number of halogens is 2. The average molecular weight is 367 g/mol. The molecule has 18 heavy (non-hydrogen) atoms. The first-order valence-electron chi connectivity index (χ1n) is 5.40. The van der Waals surface area contributed by atoms with Gasteiger partial charge in [-0.05, 0) is 45.8 Å². The van der Waals surface area contributed by atoms with Gasteiger partial charge in [0.2, 0.25) is 0 Å². The summed E-state index contributed by atoms with van der Waals surface area (Å²) in [6.07, 6.45) is -0.175. The molecule has 2 N–H and O–H groups in total. The maximum absolute atomic E-state index is 5.84. The highest BCUT2D eigenvalue weighted by Gasteiger charge is 2.14. The Morgan fingerprint density at radius 1 is 0.944 bits per heavy atom. The van der Waals surface area contributed by atoms with E-state index < -0.39 is 0 Å². The Kier molecular flexibility index (Phi) is 2.95. The maximum atomic E-state index is 5.84. The molecular weight excluding hydrogens is 358 g/mol. The van der Waals surface area contributed by atoms with E-state index in [1.807, 2.05) is 36.4 Å². The number of hydrogen-bond donors (Lipinski definition) is 1. The van der Waals surface area contributed by atoms with Crippen molar-refractivity contribution in [1.29, 1.82) is 0 Å². The van der Waals surface area contributed by atoms with Crippen LogP contribution in [0.2, 0.25) is 0 Å². The minimum Gasteiger partial charge on any atom is -0.398 e. The molecule has 0 spiro atoms. The zero-order chi connectivity index (χ0) is 12.7. The van der Waals surface area contributed by atoms with E-state index in [0.717, 1.165) is 25.2 Å². The Bertz CT molecular complexity index is 723. The van der Waals surface area contributed by atoms with Crippen LogP contribution in [0, 0.1) is 0 Å². The van der Waals surface area contributed by atoms with Crippen molar-refractivity contribution in [3.63, 3.8) is 0 Å². The van der Waals surface area contributed by atoms with Crippen molar-refractivity contribution in [3.05, 3.63) is 61.6 Å². The quantitative estimate of drug-likeness (QED) is 0.775. The van der Waals surface area contributed by atoms with E-state index in [2.05, 4.69) is 41.8 Å². The van der Waals surface area contributed by atoms with Crippen molar-refractivity contribution in [3.8, 4) is 0 Å². The molecule has 1 heterocycles. The largest absolute Gasteiger partial charge is 0.398 e. The lowest BCUT2D eigenvalue weighted by Gasteiger charge is -2.03. The van der Waals surface area contributed by atoms with Crippen molar-refractivity contribution in [2.24, 2.45) is 9.98 Å². The van der Waals surface area contributed by atoms with Gasteiger partial charge in [0.05, 0.1) is 9.83 Å². The first kappa shape index (κ1) is 11.9. The minimum absolute atomic E-state index is 0.175. The van der Waals surface area contributed by atoms with Gasteiger partial charge < -0.3 is 5.73 Å². The summed E-state index contributed by atoms with van der Waals surface area (Å²) < 4.78 is 1.87. The van der Waals surface area contributed by atoms with Crippen LogP contribution in [0.25, 0.3) is 0 Å². The Balaban J connectivity index is 2.12. The van der Waals surface area contributed by atoms with Crippen LogP contribution < -0.4 is 16.4 Å². The van der Waals surface area contributed by atoms with Crippen LogP contribution in [-0.4, -0.2) is 0 Å². The van der Waals surface area contributed by atoms with Crippen LogP contribution in [-0.2, 0) is 0 Å². The zero-order valence-electron chi connectivity index (χ0n) is 9.27. The van der Waals surface area contributed by atoms with Crippen LogP contribution in [0.15, 0.2) is 55.3 Å². The van der Waals surface area contributed by atoms with Crippen LogP contribution in [0.3, 0.4) is 0 Å². The summed E-state index contributed by atoms with van der Waals surface area (Å²) in [7, 11) is 0. The molecule has 0 radical (unpaired) electrons. The number of nitrogens with two attached hydrogens (primary N) is 1. The third-order valence-electron chi connectivity index (χ3n) is 2.81. The van der Waals surface area contributed by atoms with Crippen LogP contribution in [0.1, 0.15) is 11.7 Å². The van der Waals surface area contributed by atoms with Gasteiger partial charge in [0.25, 0.3) is 0 Å². The average Bonchev–Trinajstić information content (AvgIpc) is 2.80. The molecule has 2 aromatic rings. The van der Waals surface area contributed by atoms with Gasteiger partial charge in [-0.25, -0.2) is 0 Å². The fraction of sp³-hybridized carbons (Fsp3) is 0.0769. The Morgan fingerprint density at radius 3 is 2.39 bits per heavy atom. The standard InChI is InChI=1S/C13H9Br2N3/c14-8-3-1-7(2-4-8)13-17-10-6-5-9(16)11(15)12(10)18-13/h1-6,13H,16H2/t13-/m1/s1. The van der Waals surface area contributed by atoms with Gasteiger partial charge >= 0.3 is 0 Å². The lowest BCUT2D eigenvalue weighted by molar-refractivity contribution is 0.770. The molecule has 3 rings (SSSR count). The number of nitrogens with zero attached hydrogens (tertiary/aromatic N) is 2. The van der Waals surface area contributed by atoms with Crippen molar-refractivity contribution < 1.29 is 0 Å². The molecule has 0 aromatic heterocycles. The van der Waals surface area contributed by atoms with Gasteiger partial charge in [0.15, 0.2) is 6.17 Å². The molecular formula is C13H9Br2N3. The summed E-state index contributed by atoms with van der Waals surface area (Å²) in [6, 6.07) is 11.8. The number of nitrogen functional groups attached to an aromatic ring is 1. The highest BCUT2D eigenvalue weighted by Crippen LogP contribution is 2.23. The number of benzene rings is 2. The monoisotopic (exact) mass is 365 g/mol. The van der Waals surface area contributed by atoms with E-state index in [0.29, 0.717) is 5.69 Å². The zero-order valence-corrected chi connectivity index (χ0v) is 12.4. The predicted octanol–water partition coefficient (Wildman–Crippen LogP) is 2.75. The second-order valence-corrected chi connectivity index (χ2v) is 5.73.